The molecule has 0 bridgehead atoms. The standard InChI is InChI=1S/C28H48O2/c1-21(2)12-9-14-23(5)15-11-16-24(6)20-28(30)26(8)27(18-19-29)25(7)17-10-13-22(3)4/h12,15,17,19,22,24,26-27H,9-11,13-14,16,18,20H2,1-8H3. The van der Waals surface area contributed by atoms with Crippen molar-refractivity contribution >= 4 is 12.1 Å². The predicted molar refractivity (Wildman–Crippen MR) is 132 cm³/mol. The lowest BCUT2D eigenvalue weighted by molar-refractivity contribution is -0.124. The van der Waals surface area contributed by atoms with E-state index >= 15 is 0 Å². The summed E-state index contributed by atoms with van der Waals surface area (Å²) >= 11 is 0. The zero-order valence-corrected chi connectivity index (χ0v) is 21.1. The SMILES string of the molecule is CC(C)=CCCC(C)=CCCC(C)CC(=O)C(C)C(CC=O)C(C)=CCCC(C)C. The van der Waals surface area contributed by atoms with Crippen molar-refractivity contribution in [2.75, 3.05) is 0 Å². The largest absolute Gasteiger partial charge is 0.303 e. The minimum Gasteiger partial charge on any atom is -0.303 e. The van der Waals surface area contributed by atoms with Gasteiger partial charge in [-0.2, -0.15) is 0 Å². The molecule has 0 aromatic rings. The van der Waals surface area contributed by atoms with Gasteiger partial charge < -0.3 is 4.79 Å². The lowest BCUT2D eigenvalue weighted by atomic mass is 9.80. The Bertz CT molecular complexity index is 588. The Morgan fingerprint density at radius 2 is 1.47 bits per heavy atom. The van der Waals surface area contributed by atoms with E-state index in [9.17, 15) is 9.59 Å². The van der Waals surface area contributed by atoms with Gasteiger partial charge in [0.2, 0.25) is 0 Å². The fourth-order valence-corrected chi connectivity index (χ4v) is 3.84. The molecular weight excluding hydrogens is 368 g/mol. The van der Waals surface area contributed by atoms with Crippen LogP contribution in [0.25, 0.3) is 0 Å². The van der Waals surface area contributed by atoms with E-state index in [4.69, 9.17) is 0 Å². The van der Waals surface area contributed by atoms with Crippen LogP contribution < -0.4 is 0 Å². The minimum absolute atomic E-state index is 0.0478. The number of rotatable bonds is 16. The van der Waals surface area contributed by atoms with Gasteiger partial charge in [0.1, 0.15) is 12.1 Å². The predicted octanol–water partition coefficient (Wildman–Crippen LogP) is 8.28. The highest BCUT2D eigenvalue weighted by molar-refractivity contribution is 5.81. The summed E-state index contributed by atoms with van der Waals surface area (Å²) in [7, 11) is 0. The molecule has 30 heavy (non-hydrogen) atoms. The first-order valence-corrected chi connectivity index (χ1v) is 12.0. The van der Waals surface area contributed by atoms with Crippen LogP contribution in [-0.2, 0) is 9.59 Å². The van der Waals surface area contributed by atoms with Crippen LogP contribution in [-0.4, -0.2) is 12.1 Å². The molecule has 0 aromatic heterocycles. The highest BCUT2D eigenvalue weighted by Gasteiger charge is 2.25. The molecule has 2 nitrogen and oxygen atoms in total. The minimum atomic E-state index is -0.0886. The molecule has 2 heteroatoms. The molecule has 3 atom stereocenters. The molecule has 0 heterocycles. The fourth-order valence-electron chi connectivity index (χ4n) is 3.84. The normalized spacial score (nSPS) is 15.6. The number of allylic oxidation sites excluding steroid dienone is 6. The van der Waals surface area contributed by atoms with E-state index in [0.717, 1.165) is 44.8 Å². The second-order valence-electron chi connectivity index (χ2n) is 9.94. The number of aldehydes is 1. The van der Waals surface area contributed by atoms with Crippen molar-refractivity contribution in [3.63, 3.8) is 0 Å². The van der Waals surface area contributed by atoms with Crippen molar-refractivity contribution in [2.24, 2.45) is 23.7 Å². The molecule has 3 unspecified atom stereocenters. The molecule has 0 N–H and O–H groups in total. The molecule has 0 spiro atoms. The maximum Gasteiger partial charge on any atom is 0.136 e. The average Bonchev–Trinajstić information content (AvgIpc) is 2.64. The van der Waals surface area contributed by atoms with Gasteiger partial charge in [-0.3, -0.25) is 4.79 Å². The van der Waals surface area contributed by atoms with Gasteiger partial charge in [0, 0.05) is 18.8 Å². The van der Waals surface area contributed by atoms with E-state index in [1.54, 1.807) is 0 Å². The van der Waals surface area contributed by atoms with E-state index in [2.05, 4.69) is 66.7 Å². The first kappa shape index (κ1) is 28.6. The van der Waals surface area contributed by atoms with E-state index in [1.807, 2.05) is 6.92 Å². The van der Waals surface area contributed by atoms with E-state index in [0.29, 0.717) is 30.5 Å². The van der Waals surface area contributed by atoms with Crippen LogP contribution in [0.4, 0.5) is 0 Å². The van der Waals surface area contributed by atoms with Gasteiger partial charge >= 0.3 is 0 Å². The van der Waals surface area contributed by atoms with E-state index < -0.39 is 0 Å². The van der Waals surface area contributed by atoms with Crippen LogP contribution in [0, 0.1) is 23.7 Å². The highest BCUT2D eigenvalue weighted by Crippen LogP contribution is 2.28. The molecule has 0 fully saturated rings. The molecule has 0 rings (SSSR count). The zero-order chi connectivity index (χ0) is 23.1. The Morgan fingerprint density at radius 3 is 2.03 bits per heavy atom. The molecular formula is C28H48O2. The first-order chi connectivity index (χ1) is 14.1. The topological polar surface area (TPSA) is 34.1 Å². The number of hydrogen-bond donors (Lipinski definition) is 0. The molecule has 172 valence electrons. The quantitative estimate of drug-likeness (QED) is 0.187. The van der Waals surface area contributed by atoms with Crippen molar-refractivity contribution < 1.29 is 9.59 Å². The molecule has 0 aliphatic heterocycles. The Morgan fingerprint density at radius 1 is 0.833 bits per heavy atom. The summed E-state index contributed by atoms with van der Waals surface area (Å²) in [4.78, 5) is 24.1. The molecule has 0 aliphatic rings. The Labute approximate surface area is 187 Å². The first-order valence-electron chi connectivity index (χ1n) is 12.0. The van der Waals surface area contributed by atoms with Gasteiger partial charge in [-0.15, -0.1) is 0 Å². The summed E-state index contributed by atoms with van der Waals surface area (Å²) in [5, 5.41) is 0. The maximum atomic E-state index is 12.9. The van der Waals surface area contributed by atoms with Gasteiger partial charge in [-0.1, -0.05) is 62.6 Å². The second kappa shape index (κ2) is 16.3. The third-order valence-electron chi connectivity index (χ3n) is 6.05. The third-order valence-corrected chi connectivity index (χ3v) is 6.05. The van der Waals surface area contributed by atoms with Crippen LogP contribution in [0.1, 0.15) is 107 Å². The summed E-state index contributed by atoms with van der Waals surface area (Å²) in [5.74, 6) is 1.31. The number of carbonyl (C=O) groups is 2. The Kier molecular flexibility index (Phi) is 15.5. The monoisotopic (exact) mass is 416 g/mol. The fraction of sp³-hybridized carbons (Fsp3) is 0.714. The summed E-state index contributed by atoms with van der Waals surface area (Å²) in [6, 6.07) is 0. The van der Waals surface area contributed by atoms with E-state index in [-0.39, 0.29) is 11.8 Å². The van der Waals surface area contributed by atoms with Gasteiger partial charge in [-0.25, -0.2) is 0 Å². The van der Waals surface area contributed by atoms with Crippen LogP contribution in [0.2, 0.25) is 0 Å². The summed E-state index contributed by atoms with van der Waals surface area (Å²) in [6.45, 7) is 17.2. The van der Waals surface area contributed by atoms with Crippen molar-refractivity contribution in [3.05, 3.63) is 34.9 Å². The molecule has 0 aliphatic carbocycles. The summed E-state index contributed by atoms with van der Waals surface area (Å²) in [6.07, 6.45) is 15.4. The number of hydrogen-bond acceptors (Lipinski definition) is 2. The van der Waals surface area contributed by atoms with Gasteiger partial charge in [0.05, 0.1) is 0 Å². The lowest BCUT2D eigenvalue weighted by Gasteiger charge is -2.24. The van der Waals surface area contributed by atoms with Crippen molar-refractivity contribution in [1.82, 2.24) is 0 Å². The average molecular weight is 417 g/mol. The van der Waals surface area contributed by atoms with Crippen molar-refractivity contribution in [1.29, 1.82) is 0 Å². The molecule has 0 amide bonds. The second-order valence-corrected chi connectivity index (χ2v) is 9.94. The number of Topliss-reactive ketones (excluding diaryl/α,β-unsaturated/α-hetero) is 1. The van der Waals surface area contributed by atoms with Gasteiger partial charge in [-0.05, 0) is 84.0 Å². The highest BCUT2D eigenvalue weighted by atomic mass is 16.1. The molecule has 0 aromatic carbocycles. The van der Waals surface area contributed by atoms with Gasteiger partial charge in [0.25, 0.3) is 0 Å². The van der Waals surface area contributed by atoms with Crippen LogP contribution in [0.15, 0.2) is 34.9 Å². The van der Waals surface area contributed by atoms with Crippen LogP contribution >= 0.6 is 0 Å². The van der Waals surface area contributed by atoms with Gasteiger partial charge in [0.15, 0.2) is 0 Å². The zero-order valence-electron chi connectivity index (χ0n) is 21.1. The van der Waals surface area contributed by atoms with Crippen molar-refractivity contribution in [3.8, 4) is 0 Å². The maximum absolute atomic E-state index is 12.9. The smallest absolute Gasteiger partial charge is 0.136 e. The van der Waals surface area contributed by atoms with Crippen LogP contribution in [0.3, 0.4) is 0 Å². The molecule has 0 saturated heterocycles. The molecule has 0 saturated carbocycles. The van der Waals surface area contributed by atoms with E-state index in [1.165, 1.54) is 16.7 Å². The Hall–Kier alpha value is -1.44. The lowest BCUT2D eigenvalue weighted by Crippen LogP contribution is -2.24. The summed E-state index contributed by atoms with van der Waals surface area (Å²) in [5.41, 5.74) is 4.01. The van der Waals surface area contributed by atoms with Crippen LogP contribution in [0.5, 0.6) is 0 Å². The third kappa shape index (κ3) is 13.7. The Balaban J connectivity index is 4.64. The molecule has 0 radical (unpaired) electrons. The number of ketones is 1. The van der Waals surface area contributed by atoms with Crippen molar-refractivity contribution in [2.45, 2.75) is 107 Å². The number of carbonyl (C=O) groups excluding carboxylic acids is 2. The summed E-state index contributed by atoms with van der Waals surface area (Å²) < 4.78 is 0.